The van der Waals surface area contributed by atoms with E-state index in [1.165, 1.54) is 11.6 Å². The van der Waals surface area contributed by atoms with Gasteiger partial charge in [0.1, 0.15) is 18.1 Å². The highest BCUT2D eigenvalue weighted by Crippen LogP contribution is 2.23. The predicted octanol–water partition coefficient (Wildman–Crippen LogP) is 6.28. The Morgan fingerprint density at radius 3 is 1.91 bits per heavy atom. The van der Waals surface area contributed by atoms with Crippen molar-refractivity contribution in [3.63, 3.8) is 0 Å². The van der Waals surface area contributed by atoms with E-state index >= 15 is 0 Å². The zero-order chi connectivity index (χ0) is 24.6. The van der Waals surface area contributed by atoms with Gasteiger partial charge in [-0.25, -0.2) is 4.79 Å². The van der Waals surface area contributed by atoms with Crippen LogP contribution in [-0.4, -0.2) is 5.97 Å². The fourth-order valence-electron chi connectivity index (χ4n) is 3.63. The van der Waals surface area contributed by atoms with E-state index in [0.717, 1.165) is 28.7 Å². The van der Waals surface area contributed by atoms with Crippen LogP contribution in [0.2, 0.25) is 0 Å². The van der Waals surface area contributed by atoms with Gasteiger partial charge in [0.2, 0.25) is 0 Å². The van der Waals surface area contributed by atoms with Gasteiger partial charge in [-0.2, -0.15) is 0 Å². The molecule has 4 aromatic carbocycles. The highest BCUT2D eigenvalue weighted by atomic mass is 16.5. The Balaban J connectivity index is 1.29. The second kappa shape index (κ2) is 11.1. The smallest absolute Gasteiger partial charge is 0.336 e. The molecule has 0 unspecified atom stereocenters. The number of ether oxygens (including phenoxy) is 2. The molecule has 0 saturated heterocycles. The molecule has 0 bridgehead atoms. The summed E-state index contributed by atoms with van der Waals surface area (Å²) >= 11 is 0. The third kappa shape index (κ3) is 6.74. The van der Waals surface area contributed by atoms with Gasteiger partial charge in [0.15, 0.2) is 0 Å². The van der Waals surface area contributed by atoms with Crippen LogP contribution in [0.25, 0.3) is 17.2 Å². The van der Waals surface area contributed by atoms with Crippen LogP contribution in [-0.2, 0) is 17.8 Å². The topological polar surface area (TPSA) is 87.6 Å². The van der Waals surface area contributed by atoms with E-state index in [-0.39, 0.29) is 0 Å². The van der Waals surface area contributed by atoms with Crippen LogP contribution in [0.3, 0.4) is 0 Å². The van der Waals surface area contributed by atoms with Gasteiger partial charge in [0.05, 0.1) is 0 Å². The van der Waals surface area contributed by atoms with E-state index in [2.05, 4.69) is 31.2 Å². The number of benzene rings is 4. The van der Waals surface area contributed by atoms with E-state index in [1.54, 1.807) is 24.3 Å². The van der Waals surface area contributed by atoms with Crippen molar-refractivity contribution < 1.29 is 14.3 Å². The molecule has 35 heavy (non-hydrogen) atoms. The maximum atomic E-state index is 12.2. The maximum absolute atomic E-state index is 12.2. The van der Waals surface area contributed by atoms with Crippen molar-refractivity contribution in [2.75, 3.05) is 11.5 Å². The lowest BCUT2D eigenvalue weighted by Gasteiger charge is -2.08. The average Bonchev–Trinajstić information content (AvgIpc) is 2.87. The first-order valence-corrected chi connectivity index (χ1v) is 11.5. The van der Waals surface area contributed by atoms with Crippen LogP contribution in [0.5, 0.6) is 11.5 Å². The predicted molar refractivity (Wildman–Crippen MR) is 142 cm³/mol. The van der Waals surface area contributed by atoms with Gasteiger partial charge in [0, 0.05) is 17.5 Å². The number of nitrogen functional groups attached to an aromatic ring is 2. The van der Waals surface area contributed by atoms with Gasteiger partial charge in [-0.05, 0) is 82.8 Å². The number of esters is 1. The Kier molecular flexibility index (Phi) is 7.48. The largest absolute Gasteiger partial charge is 0.489 e. The van der Waals surface area contributed by atoms with Crippen LogP contribution in [0.4, 0.5) is 11.4 Å². The van der Waals surface area contributed by atoms with Crippen molar-refractivity contribution in [3.8, 4) is 22.6 Å². The number of nitrogens with two attached hydrogens (primary N) is 2. The summed E-state index contributed by atoms with van der Waals surface area (Å²) in [5.74, 6) is 0.763. The molecule has 0 radical (unpaired) electrons. The summed E-state index contributed by atoms with van der Waals surface area (Å²) in [6.07, 6.45) is 4.12. The zero-order valence-electron chi connectivity index (χ0n) is 19.6. The molecule has 4 N–H and O–H groups in total. The molecule has 0 spiro atoms. The first-order chi connectivity index (χ1) is 17.0. The van der Waals surface area contributed by atoms with Crippen molar-refractivity contribution in [3.05, 3.63) is 114 Å². The molecule has 0 aromatic heterocycles. The molecule has 0 saturated carbocycles. The van der Waals surface area contributed by atoms with E-state index in [1.807, 2.05) is 48.5 Å². The van der Waals surface area contributed by atoms with Crippen molar-refractivity contribution in [2.45, 2.75) is 20.0 Å². The Labute approximate surface area is 205 Å². The molecule has 5 nitrogen and oxygen atoms in total. The lowest BCUT2D eigenvalue weighted by Crippen LogP contribution is -2.03. The maximum Gasteiger partial charge on any atom is 0.336 e. The van der Waals surface area contributed by atoms with E-state index < -0.39 is 5.97 Å². The van der Waals surface area contributed by atoms with Crippen molar-refractivity contribution in [1.29, 1.82) is 0 Å². The quantitative estimate of drug-likeness (QED) is 0.139. The second-order valence-corrected chi connectivity index (χ2v) is 8.19. The van der Waals surface area contributed by atoms with Crippen LogP contribution >= 0.6 is 0 Å². The molecule has 176 valence electrons. The zero-order valence-corrected chi connectivity index (χ0v) is 19.6. The Hall–Kier alpha value is -4.51. The molecule has 0 aliphatic carbocycles. The number of carbonyl (C=O) groups is 1. The summed E-state index contributed by atoms with van der Waals surface area (Å²) in [4.78, 5) is 12.2. The van der Waals surface area contributed by atoms with Crippen LogP contribution in [0, 0.1) is 0 Å². The molecule has 4 rings (SSSR count). The normalized spacial score (nSPS) is 10.9. The fourth-order valence-corrected chi connectivity index (χ4v) is 3.63. The molecule has 0 aliphatic rings. The molecular formula is C30H28N2O3. The second-order valence-electron chi connectivity index (χ2n) is 8.19. The summed E-state index contributed by atoms with van der Waals surface area (Å²) in [7, 11) is 0. The monoisotopic (exact) mass is 464 g/mol. The third-order valence-corrected chi connectivity index (χ3v) is 5.50. The van der Waals surface area contributed by atoms with Gasteiger partial charge in [0.25, 0.3) is 0 Å². The first kappa shape index (κ1) is 23.6. The lowest BCUT2D eigenvalue weighted by molar-refractivity contribution is -0.128. The Bertz CT molecular complexity index is 1290. The van der Waals surface area contributed by atoms with Gasteiger partial charge < -0.3 is 20.9 Å². The average molecular weight is 465 g/mol. The number of hydrogen-bond acceptors (Lipinski definition) is 5. The summed E-state index contributed by atoms with van der Waals surface area (Å²) in [6, 6.07) is 28.7. The minimum atomic E-state index is -0.440. The summed E-state index contributed by atoms with van der Waals surface area (Å²) in [5, 5.41) is 0. The standard InChI is InChI=1S/C30H28N2O3/c1-2-21-3-8-24(9-4-21)25-10-14-29(15-11-25)35-30(33)16-7-22-5-12-28(13-6-22)34-20-23-17-26(31)19-27(32)18-23/h3-19H,2,20,31-32H2,1H3/b16-7+. The van der Waals surface area contributed by atoms with E-state index in [4.69, 9.17) is 20.9 Å². The van der Waals surface area contributed by atoms with E-state index in [0.29, 0.717) is 29.5 Å². The number of aryl methyl sites for hydroxylation is 1. The molecule has 0 heterocycles. The number of rotatable bonds is 8. The summed E-state index contributed by atoms with van der Waals surface area (Å²) < 4.78 is 11.2. The van der Waals surface area contributed by atoms with Crippen molar-refractivity contribution in [2.24, 2.45) is 0 Å². The minimum absolute atomic E-state index is 0.361. The summed E-state index contributed by atoms with van der Waals surface area (Å²) in [6.45, 7) is 2.50. The number of hydrogen-bond donors (Lipinski definition) is 2. The van der Waals surface area contributed by atoms with Crippen LogP contribution in [0.1, 0.15) is 23.6 Å². The highest BCUT2D eigenvalue weighted by molar-refractivity contribution is 5.88. The van der Waals surface area contributed by atoms with Gasteiger partial charge >= 0.3 is 5.97 Å². The third-order valence-electron chi connectivity index (χ3n) is 5.50. The Morgan fingerprint density at radius 2 is 1.31 bits per heavy atom. The molecule has 5 heteroatoms. The fraction of sp³-hybridized carbons (Fsp3) is 0.100. The Morgan fingerprint density at radius 1 is 0.743 bits per heavy atom. The minimum Gasteiger partial charge on any atom is -0.489 e. The molecule has 0 fully saturated rings. The molecule has 0 aliphatic heterocycles. The highest BCUT2D eigenvalue weighted by Gasteiger charge is 2.04. The van der Waals surface area contributed by atoms with Gasteiger partial charge in [-0.1, -0.05) is 55.5 Å². The first-order valence-electron chi connectivity index (χ1n) is 11.5. The lowest BCUT2D eigenvalue weighted by atomic mass is 10.0. The van der Waals surface area contributed by atoms with Crippen molar-refractivity contribution in [1.82, 2.24) is 0 Å². The number of carbonyl (C=O) groups excluding carboxylic acids is 1. The molecule has 0 amide bonds. The SMILES string of the molecule is CCc1ccc(-c2ccc(OC(=O)/C=C/c3ccc(OCc4cc(N)cc(N)c4)cc3)cc2)cc1. The van der Waals surface area contributed by atoms with Crippen LogP contribution < -0.4 is 20.9 Å². The van der Waals surface area contributed by atoms with Crippen LogP contribution in [0.15, 0.2) is 97.1 Å². The van der Waals surface area contributed by atoms with Crippen molar-refractivity contribution >= 4 is 23.4 Å². The molecular weight excluding hydrogens is 436 g/mol. The summed E-state index contributed by atoms with van der Waals surface area (Å²) in [5.41, 5.74) is 18.1. The molecule has 0 atom stereocenters. The number of anilines is 2. The van der Waals surface area contributed by atoms with Gasteiger partial charge in [-0.3, -0.25) is 0 Å². The van der Waals surface area contributed by atoms with E-state index in [9.17, 15) is 4.79 Å². The van der Waals surface area contributed by atoms with Gasteiger partial charge in [-0.15, -0.1) is 0 Å². The molecule has 4 aromatic rings.